The first-order chi connectivity index (χ1) is 7.24. The molecule has 0 spiro atoms. The standard InChI is InChI=1S/C12H14NO2.HI/c1-13-5-4-9-6-11(14-2)12(15-3)7-10(9)8-13;/h4-8H,1-3H3;1H/q+1;/p-1. The van der Waals surface area contributed by atoms with E-state index in [1.165, 1.54) is 0 Å². The maximum atomic E-state index is 5.25. The summed E-state index contributed by atoms with van der Waals surface area (Å²) in [6.45, 7) is 0. The van der Waals surface area contributed by atoms with Crippen molar-refractivity contribution in [2.24, 2.45) is 7.05 Å². The quantitative estimate of drug-likeness (QED) is 0.504. The van der Waals surface area contributed by atoms with Crippen molar-refractivity contribution in [1.29, 1.82) is 0 Å². The molecule has 4 heteroatoms. The van der Waals surface area contributed by atoms with Crippen LogP contribution in [0.25, 0.3) is 10.8 Å². The van der Waals surface area contributed by atoms with Crippen LogP contribution < -0.4 is 38.0 Å². The Morgan fingerprint density at radius 2 is 1.56 bits per heavy atom. The number of pyridine rings is 1. The molecular formula is C12H14INO2. The lowest BCUT2D eigenvalue weighted by atomic mass is 10.1. The molecular weight excluding hydrogens is 317 g/mol. The summed E-state index contributed by atoms with van der Waals surface area (Å²) in [5.41, 5.74) is 0. The monoisotopic (exact) mass is 331 g/mol. The Labute approximate surface area is 112 Å². The van der Waals surface area contributed by atoms with Crippen molar-refractivity contribution in [2.75, 3.05) is 14.2 Å². The molecule has 0 radical (unpaired) electrons. The number of hydrogen-bond donors (Lipinski definition) is 0. The predicted octanol–water partition coefficient (Wildman–Crippen LogP) is -1.31. The first-order valence-electron chi connectivity index (χ1n) is 4.75. The maximum absolute atomic E-state index is 5.25. The highest BCUT2D eigenvalue weighted by Gasteiger charge is 2.07. The van der Waals surface area contributed by atoms with Crippen LogP contribution in [0.5, 0.6) is 11.5 Å². The molecule has 0 amide bonds. The average molecular weight is 331 g/mol. The smallest absolute Gasteiger partial charge is 0.176 e. The van der Waals surface area contributed by atoms with Crippen LogP contribution in [0, 0.1) is 0 Å². The summed E-state index contributed by atoms with van der Waals surface area (Å²) in [6, 6.07) is 6.01. The Balaban J connectivity index is 0.00000128. The van der Waals surface area contributed by atoms with E-state index in [4.69, 9.17) is 9.47 Å². The number of methoxy groups -OCH3 is 2. The normalized spacial score (nSPS) is 9.69. The van der Waals surface area contributed by atoms with Crippen LogP contribution in [0.3, 0.4) is 0 Å². The van der Waals surface area contributed by atoms with E-state index in [1.54, 1.807) is 14.2 Å². The Kier molecular flexibility index (Phi) is 4.35. The van der Waals surface area contributed by atoms with Crippen LogP contribution in [0.1, 0.15) is 0 Å². The number of nitrogens with zero attached hydrogens (tertiary/aromatic N) is 1. The SMILES string of the molecule is COc1cc2cc[n+](C)cc2cc1OC.[I-]. The molecule has 2 aromatic rings. The van der Waals surface area contributed by atoms with E-state index in [2.05, 4.69) is 12.3 Å². The summed E-state index contributed by atoms with van der Waals surface area (Å²) in [4.78, 5) is 0. The highest BCUT2D eigenvalue weighted by atomic mass is 127. The summed E-state index contributed by atoms with van der Waals surface area (Å²) in [7, 11) is 5.29. The maximum Gasteiger partial charge on any atom is 0.176 e. The van der Waals surface area contributed by atoms with Crippen LogP contribution >= 0.6 is 0 Å². The van der Waals surface area contributed by atoms with Crippen molar-refractivity contribution in [3.05, 3.63) is 30.6 Å². The first kappa shape index (κ1) is 13.0. The predicted molar refractivity (Wildman–Crippen MR) is 58.2 cm³/mol. The number of ether oxygens (including phenoxy) is 2. The van der Waals surface area contributed by atoms with E-state index in [-0.39, 0.29) is 24.0 Å². The summed E-state index contributed by atoms with van der Waals surface area (Å²) < 4.78 is 12.5. The van der Waals surface area contributed by atoms with Gasteiger partial charge in [-0.05, 0) is 17.5 Å². The molecule has 0 N–H and O–H groups in total. The van der Waals surface area contributed by atoms with Crippen molar-refractivity contribution >= 4 is 10.8 Å². The van der Waals surface area contributed by atoms with E-state index in [0.29, 0.717) is 0 Å². The van der Waals surface area contributed by atoms with E-state index < -0.39 is 0 Å². The van der Waals surface area contributed by atoms with Crippen LogP contribution in [0.15, 0.2) is 30.6 Å². The van der Waals surface area contributed by atoms with Gasteiger partial charge < -0.3 is 33.5 Å². The van der Waals surface area contributed by atoms with Gasteiger partial charge in [-0.15, -0.1) is 0 Å². The molecule has 1 aromatic carbocycles. The van der Waals surface area contributed by atoms with Gasteiger partial charge >= 0.3 is 0 Å². The molecule has 2 rings (SSSR count). The van der Waals surface area contributed by atoms with Gasteiger partial charge in [0.2, 0.25) is 0 Å². The number of hydrogen-bond acceptors (Lipinski definition) is 2. The van der Waals surface area contributed by atoms with Gasteiger partial charge in [0.15, 0.2) is 23.9 Å². The second kappa shape index (κ2) is 5.34. The van der Waals surface area contributed by atoms with Gasteiger partial charge in [0, 0.05) is 11.5 Å². The van der Waals surface area contributed by atoms with Crippen LogP contribution in [0.4, 0.5) is 0 Å². The third-order valence-electron chi connectivity index (χ3n) is 2.42. The zero-order chi connectivity index (χ0) is 10.8. The fourth-order valence-corrected chi connectivity index (χ4v) is 1.63. The minimum Gasteiger partial charge on any atom is -1.00 e. The molecule has 86 valence electrons. The first-order valence-corrected chi connectivity index (χ1v) is 4.75. The minimum absolute atomic E-state index is 0. The molecule has 0 saturated carbocycles. The highest BCUT2D eigenvalue weighted by Crippen LogP contribution is 2.31. The van der Waals surface area contributed by atoms with E-state index in [9.17, 15) is 0 Å². The van der Waals surface area contributed by atoms with Crippen molar-refractivity contribution in [3.8, 4) is 11.5 Å². The zero-order valence-electron chi connectivity index (χ0n) is 9.53. The summed E-state index contributed by atoms with van der Waals surface area (Å²) in [5, 5.41) is 2.28. The third kappa shape index (κ3) is 2.37. The Bertz CT molecular complexity index is 500. The Hall–Kier alpha value is -1.04. The number of halogens is 1. The topological polar surface area (TPSA) is 22.3 Å². The van der Waals surface area contributed by atoms with Gasteiger partial charge in [0.25, 0.3) is 0 Å². The highest BCUT2D eigenvalue weighted by molar-refractivity contribution is 5.84. The van der Waals surface area contributed by atoms with E-state index in [1.807, 2.05) is 29.9 Å². The summed E-state index contributed by atoms with van der Waals surface area (Å²) in [5.74, 6) is 1.52. The third-order valence-corrected chi connectivity index (χ3v) is 2.42. The zero-order valence-corrected chi connectivity index (χ0v) is 11.7. The second-order valence-electron chi connectivity index (χ2n) is 3.45. The van der Waals surface area contributed by atoms with Crippen LogP contribution in [-0.4, -0.2) is 14.2 Å². The van der Waals surface area contributed by atoms with Gasteiger partial charge in [0.1, 0.15) is 7.05 Å². The molecule has 0 atom stereocenters. The molecule has 3 nitrogen and oxygen atoms in total. The van der Waals surface area contributed by atoms with Crippen molar-refractivity contribution in [3.63, 3.8) is 0 Å². The molecule has 0 aliphatic heterocycles. The lowest BCUT2D eigenvalue weighted by molar-refractivity contribution is -0.670. The summed E-state index contributed by atoms with van der Waals surface area (Å²) in [6.07, 6.45) is 4.06. The van der Waals surface area contributed by atoms with Gasteiger partial charge in [-0.25, -0.2) is 4.57 Å². The Morgan fingerprint density at radius 1 is 1.00 bits per heavy atom. The molecule has 0 fully saturated rings. The largest absolute Gasteiger partial charge is 1.00 e. The molecule has 0 aliphatic rings. The van der Waals surface area contributed by atoms with E-state index >= 15 is 0 Å². The van der Waals surface area contributed by atoms with Gasteiger partial charge in [-0.2, -0.15) is 0 Å². The fourth-order valence-electron chi connectivity index (χ4n) is 1.63. The molecule has 1 heterocycles. The van der Waals surface area contributed by atoms with Crippen LogP contribution in [0.2, 0.25) is 0 Å². The lowest BCUT2D eigenvalue weighted by Crippen LogP contribution is -3.00. The number of benzene rings is 1. The van der Waals surface area contributed by atoms with Crippen molar-refractivity contribution in [2.45, 2.75) is 0 Å². The Morgan fingerprint density at radius 3 is 2.12 bits per heavy atom. The summed E-state index contributed by atoms with van der Waals surface area (Å²) >= 11 is 0. The second-order valence-corrected chi connectivity index (χ2v) is 3.45. The number of fused-ring (bicyclic) bond motifs is 1. The van der Waals surface area contributed by atoms with E-state index in [0.717, 1.165) is 22.3 Å². The van der Waals surface area contributed by atoms with Crippen LogP contribution in [-0.2, 0) is 7.05 Å². The average Bonchev–Trinajstić information content (AvgIpc) is 2.27. The number of aromatic nitrogens is 1. The molecule has 0 unspecified atom stereocenters. The van der Waals surface area contributed by atoms with Crippen molar-refractivity contribution < 1.29 is 38.0 Å². The molecule has 16 heavy (non-hydrogen) atoms. The van der Waals surface area contributed by atoms with Crippen molar-refractivity contribution in [1.82, 2.24) is 0 Å². The van der Waals surface area contributed by atoms with Gasteiger partial charge in [0.05, 0.1) is 14.2 Å². The fraction of sp³-hybridized carbons (Fsp3) is 0.250. The minimum atomic E-state index is 0. The number of aryl methyl sites for hydroxylation is 1. The molecule has 0 saturated heterocycles. The lowest BCUT2D eigenvalue weighted by Gasteiger charge is -2.07. The van der Waals surface area contributed by atoms with Gasteiger partial charge in [-0.1, -0.05) is 0 Å². The molecule has 1 aromatic heterocycles. The number of rotatable bonds is 2. The molecule has 0 aliphatic carbocycles. The molecule has 0 bridgehead atoms. The van der Waals surface area contributed by atoms with Gasteiger partial charge in [-0.3, -0.25) is 0 Å².